The molecule has 9 heteroatoms. The van der Waals surface area contributed by atoms with Gasteiger partial charge in [0.05, 0.1) is 32.5 Å². The Morgan fingerprint density at radius 3 is 2.37 bits per heavy atom. The third-order valence-electron chi connectivity index (χ3n) is 6.41. The third-order valence-corrected chi connectivity index (χ3v) is 6.41. The molecule has 1 unspecified atom stereocenters. The Hall–Kier alpha value is -3.27. The van der Waals surface area contributed by atoms with E-state index in [1.54, 1.807) is 24.3 Å². The molecule has 2 amide bonds. The van der Waals surface area contributed by atoms with Gasteiger partial charge in [-0.25, -0.2) is 0 Å². The van der Waals surface area contributed by atoms with Gasteiger partial charge in [-0.3, -0.25) is 14.4 Å². The highest BCUT2D eigenvalue weighted by atomic mass is 16.6. The number of hydrogen-bond donors (Lipinski definition) is 4. The first-order valence-electron chi connectivity index (χ1n) is 13.1. The minimum absolute atomic E-state index is 0.0713. The lowest BCUT2D eigenvalue weighted by Crippen LogP contribution is -2.55. The smallest absolute Gasteiger partial charge is 0.252 e. The summed E-state index contributed by atoms with van der Waals surface area (Å²) in [5.41, 5.74) is 0.271. The van der Waals surface area contributed by atoms with E-state index in [0.29, 0.717) is 18.8 Å². The standard InChI is InChI=1S/C29H38N2O7/c1-20(2)15-24(26(34)29(18-33)19-38-29)30-28(36)25(17-32)31-27(35)22-12-8-13-23(16-22)37-14-7-6-11-21-9-4-3-5-10-21/h3-5,8-10,12-13,16,20,24-25,32-33H,6-7,11,14-15,17-19H2,1-2H3,(H,30,36)(H,31,35)/t24-,25-,29?/m0/s1. The van der Waals surface area contributed by atoms with E-state index < -0.39 is 48.5 Å². The van der Waals surface area contributed by atoms with Gasteiger partial charge in [-0.05, 0) is 55.4 Å². The van der Waals surface area contributed by atoms with Crippen molar-refractivity contribution in [3.63, 3.8) is 0 Å². The fourth-order valence-electron chi connectivity index (χ4n) is 4.12. The number of epoxide rings is 1. The Kier molecular flexibility index (Phi) is 10.8. The van der Waals surface area contributed by atoms with Gasteiger partial charge in [0.2, 0.25) is 5.91 Å². The number of hydrogen-bond acceptors (Lipinski definition) is 7. The predicted molar refractivity (Wildman–Crippen MR) is 142 cm³/mol. The summed E-state index contributed by atoms with van der Waals surface area (Å²) in [6, 6.07) is 14.7. The molecule has 2 aromatic rings. The molecule has 0 aliphatic carbocycles. The van der Waals surface area contributed by atoms with Crippen LogP contribution in [0.2, 0.25) is 0 Å². The monoisotopic (exact) mass is 526 g/mol. The van der Waals surface area contributed by atoms with E-state index in [-0.39, 0.29) is 18.1 Å². The van der Waals surface area contributed by atoms with E-state index in [2.05, 4.69) is 22.8 Å². The molecule has 0 spiro atoms. The number of carbonyl (C=O) groups excluding carboxylic acids is 3. The number of ketones is 1. The van der Waals surface area contributed by atoms with E-state index in [0.717, 1.165) is 19.3 Å². The molecule has 2 aromatic carbocycles. The molecule has 1 aliphatic heterocycles. The highest BCUT2D eigenvalue weighted by Crippen LogP contribution is 2.30. The van der Waals surface area contributed by atoms with Crippen LogP contribution in [0, 0.1) is 5.92 Å². The fourth-order valence-corrected chi connectivity index (χ4v) is 4.12. The zero-order chi connectivity index (χ0) is 27.5. The number of ether oxygens (including phenoxy) is 2. The topological polar surface area (TPSA) is 137 Å². The molecule has 1 fully saturated rings. The maximum absolute atomic E-state index is 12.9. The Balaban J connectivity index is 1.52. The zero-order valence-electron chi connectivity index (χ0n) is 22.0. The number of rotatable bonds is 16. The summed E-state index contributed by atoms with van der Waals surface area (Å²) in [6.07, 6.45) is 3.13. The summed E-state index contributed by atoms with van der Waals surface area (Å²) < 4.78 is 11.0. The molecule has 4 N–H and O–H groups in total. The first-order chi connectivity index (χ1) is 18.3. The van der Waals surface area contributed by atoms with Crippen LogP contribution in [-0.2, 0) is 20.7 Å². The Morgan fingerprint density at radius 1 is 1.00 bits per heavy atom. The van der Waals surface area contributed by atoms with Gasteiger partial charge in [0, 0.05) is 5.56 Å². The van der Waals surface area contributed by atoms with Gasteiger partial charge >= 0.3 is 0 Å². The van der Waals surface area contributed by atoms with Crippen molar-refractivity contribution in [2.24, 2.45) is 5.92 Å². The number of nitrogens with one attached hydrogen (secondary N) is 2. The molecule has 3 rings (SSSR count). The van der Waals surface area contributed by atoms with E-state index in [9.17, 15) is 24.6 Å². The van der Waals surface area contributed by atoms with Crippen molar-refractivity contribution < 1.29 is 34.1 Å². The van der Waals surface area contributed by atoms with Crippen molar-refractivity contribution in [3.05, 3.63) is 65.7 Å². The summed E-state index contributed by atoms with van der Waals surface area (Å²) in [5, 5.41) is 24.5. The normalized spacial score (nSPS) is 17.9. The Labute approximate surface area is 223 Å². The molecule has 38 heavy (non-hydrogen) atoms. The van der Waals surface area contributed by atoms with Crippen LogP contribution >= 0.6 is 0 Å². The number of aryl methyl sites for hydroxylation is 1. The van der Waals surface area contributed by atoms with Crippen molar-refractivity contribution in [2.45, 2.75) is 57.2 Å². The second kappa shape index (κ2) is 14.0. The van der Waals surface area contributed by atoms with Crippen LogP contribution in [0.1, 0.15) is 49.0 Å². The van der Waals surface area contributed by atoms with Gasteiger partial charge in [0.1, 0.15) is 11.8 Å². The largest absolute Gasteiger partial charge is 0.494 e. The van der Waals surface area contributed by atoms with Gasteiger partial charge in [0.15, 0.2) is 11.4 Å². The van der Waals surface area contributed by atoms with E-state index in [1.165, 1.54) is 5.56 Å². The molecule has 0 aromatic heterocycles. The molecular weight excluding hydrogens is 488 g/mol. The summed E-state index contributed by atoms with van der Waals surface area (Å²) in [6.45, 7) is 3.27. The summed E-state index contributed by atoms with van der Waals surface area (Å²) in [4.78, 5) is 38.6. The number of carbonyl (C=O) groups is 3. The number of unbranched alkanes of at least 4 members (excludes halogenated alkanes) is 1. The lowest BCUT2D eigenvalue weighted by molar-refractivity contribution is -0.133. The quantitative estimate of drug-likeness (QED) is 0.194. The third kappa shape index (κ3) is 8.37. The number of amides is 2. The van der Waals surface area contributed by atoms with Crippen LogP contribution in [-0.4, -0.2) is 71.9 Å². The molecule has 1 aliphatic rings. The minimum atomic E-state index is -1.28. The van der Waals surface area contributed by atoms with Crippen LogP contribution in [0.4, 0.5) is 0 Å². The molecular formula is C29H38N2O7. The van der Waals surface area contributed by atoms with Gasteiger partial charge in [0.25, 0.3) is 5.91 Å². The number of Topliss-reactive ketones (excluding diaryl/α,β-unsaturated/α-hetero) is 1. The lowest BCUT2D eigenvalue weighted by atomic mass is 9.92. The molecule has 206 valence electrons. The number of benzene rings is 2. The van der Waals surface area contributed by atoms with Crippen LogP contribution in [0.15, 0.2) is 54.6 Å². The fraction of sp³-hybridized carbons (Fsp3) is 0.483. The van der Waals surface area contributed by atoms with Crippen molar-refractivity contribution in [3.8, 4) is 5.75 Å². The molecule has 0 bridgehead atoms. The minimum Gasteiger partial charge on any atom is -0.494 e. The highest BCUT2D eigenvalue weighted by molar-refractivity contribution is 6.00. The first kappa shape index (κ1) is 29.3. The SMILES string of the molecule is CC(C)C[C@H](NC(=O)[C@H](CO)NC(=O)c1cccc(OCCCCc2ccccc2)c1)C(=O)C1(CO)CO1. The van der Waals surface area contributed by atoms with Gasteiger partial charge < -0.3 is 30.3 Å². The lowest BCUT2D eigenvalue weighted by Gasteiger charge is -2.24. The Morgan fingerprint density at radius 2 is 1.74 bits per heavy atom. The number of aliphatic hydroxyl groups is 2. The van der Waals surface area contributed by atoms with Gasteiger partial charge in [-0.2, -0.15) is 0 Å². The molecule has 0 radical (unpaired) electrons. The van der Waals surface area contributed by atoms with Gasteiger partial charge in [-0.1, -0.05) is 50.2 Å². The van der Waals surface area contributed by atoms with E-state index in [1.807, 2.05) is 32.0 Å². The van der Waals surface area contributed by atoms with Crippen molar-refractivity contribution in [1.82, 2.24) is 10.6 Å². The molecule has 9 nitrogen and oxygen atoms in total. The van der Waals surface area contributed by atoms with Crippen LogP contribution in [0.3, 0.4) is 0 Å². The molecule has 0 saturated carbocycles. The molecule has 1 heterocycles. The summed E-state index contributed by atoms with van der Waals surface area (Å²) in [5.74, 6) is -1.07. The van der Waals surface area contributed by atoms with E-state index >= 15 is 0 Å². The molecule has 1 saturated heterocycles. The van der Waals surface area contributed by atoms with Gasteiger partial charge in [-0.15, -0.1) is 0 Å². The maximum Gasteiger partial charge on any atom is 0.252 e. The zero-order valence-corrected chi connectivity index (χ0v) is 22.0. The Bertz CT molecular complexity index is 1070. The maximum atomic E-state index is 12.9. The van der Waals surface area contributed by atoms with Crippen LogP contribution in [0.25, 0.3) is 0 Å². The second-order valence-electron chi connectivity index (χ2n) is 10.0. The van der Waals surface area contributed by atoms with Crippen molar-refractivity contribution in [2.75, 3.05) is 26.4 Å². The first-order valence-corrected chi connectivity index (χ1v) is 13.1. The van der Waals surface area contributed by atoms with Crippen molar-refractivity contribution in [1.29, 1.82) is 0 Å². The summed E-state index contributed by atoms with van der Waals surface area (Å²) >= 11 is 0. The highest BCUT2D eigenvalue weighted by Gasteiger charge is 2.54. The molecule has 3 atom stereocenters. The average Bonchev–Trinajstić information content (AvgIpc) is 3.72. The summed E-state index contributed by atoms with van der Waals surface area (Å²) in [7, 11) is 0. The average molecular weight is 527 g/mol. The van der Waals surface area contributed by atoms with E-state index in [4.69, 9.17) is 9.47 Å². The second-order valence-corrected chi connectivity index (χ2v) is 10.0. The number of aliphatic hydroxyl groups excluding tert-OH is 2. The van der Waals surface area contributed by atoms with Crippen molar-refractivity contribution >= 4 is 17.6 Å². The van der Waals surface area contributed by atoms with Crippen LogP contribution in [0.5, 0.6) is 5.75 Å². The predicted octanol–water partition coefficient (Wildman–Crippen LogP) is 2.04. The van der Waals surface area contributed by atoms with Crippen LogP contribution < -0.4 is 15.4 Å².